The van der Waals surface area contributed by atoms with Gasteiger partial charge in [-0.1, -0.05) is 27.7 Å². The molecule has 1 aromatic heterocycles. The van der Waals surface area contributed by atoms with Crippen LogP contribution in [0.5, 0.6) is 5.75 Å². The van der Waals surface area contributed by atoms with Crippen LogP contribution in [0.2, 0.25) is 0 Å². The van der Waals surface area contributed by atoms with Crippen molar-refractivity contribution in [3.8, 4) is 5.75 Å². The lowest BCUT2D eigenvalue weighted by Gasteiger charge is -1.97. The van der Waals surface area contributed by atoms with Gasteiger partial charge in [-0.2, -0.15) is 0 Å². The van der Waals surface area contributed by atoms with Crippen LogP contribution in [0.15, 0.2) is 18.3 Å². The van der Waals surface area contributed by atoms with Gasteiger partial charge < -0.3 is 4.74 Å². The Morgan fingerprint density at radius 2 is 1.69 bits per heavy atom. The lowest BCUT2D eigenvalue weighted by atomic mass is 10.4. The van der Waals surface area contributed by atoms with Gasteiger partial charge in [0.25, 0.3) is 0 Å². The van der Waals surface area contributed by atoms with Crippen molar-refractivity contribution in [1.29, 1.82) is 0 Å². The fourth-order valence-electron chi connectivity index (χ4n) is 0.647. The predicted octanol–water partition coefficient (Wildman–Crippen LogP) is 3.45. The second kappa shape index (κ2) is 11.0. The average Bonchev–Trinajstić information content (AvgIpc) is 2.24. The summed E-state index contributed by atoms with van der Waals surface area (Å²) in [6.45, 7) is 9.93. The molecule has 2 nitrogen and oxygen atoms in total. The van der Waals surface area contributed by atoms with Gasteiger partial charge in [0.1, 0.15) is 5.75 Å². The molecule has 0 spiro atoms. The van der Waals surface area contributed by atoms with Gasteiger partial charge in [-0.3, -0.25) is 4.98 Å². The number of nitrogens with zero attached hydrogens (tertiary/aromatic N) is 1. The van der Waals surface area contributed by atoms with E-state index >= 15 is 0 Å². The molecule has 0 aromatic carbocycles. The Morgan fingerprint density at radius 1 is 1.15 bits per heavy atom. The van der Waals surface area contributed by atoms with Crippen LogP contribution >= 0.6 is 0 Å². The first-order chi connectivity index (χ1) is 6.33. The van der Waals surface area contributed by atoms with E-state index in [0.717, 1.165) is 11.4 Å². The predicted molar refractivity (Wildman–Crippen MR) is 58.2 cm³/mol. The zero-order valence-corrected chi connectivity index (χ0v) is 9.59. The number of methoxy groups -OCH3 is 1. The highest BCUT2D eigenvalue weighted by Crippen LogP contribution is 2.07. The van der Waals surface area contributed by atoms with E-state index in [4.69, 9.17) is 4.74 Å². The minimum absolute atomic E-state index is 0.863. The van der Waals surface area contributed by atoms with Crippen LogP contribution in [0.3, 0.4) is 0 Å². The summed E-state index contributed by atoms with van der Waals surface area (Å²) in [6.07, 6.45) is 1.73. The Bertz CT molecular complexity index is 199. The molecule has 0 aliphatic heterocycles. The molecule has 76 valence electrons. The van der Waals surface area contributed by atoms with E-state index in [1.165, 1.54) is 0 Å². The summed E-state index contributed by atoms with van der Waals surface area (Å²) in [5.41, 5.74) is 0.981. The highest BCUT2D eigenvalue weighted by Gasteiger charge is 1.87. The maximum atomic E-state index is 4.96. The molecule has 0 radical (unpaired) electrons. The SMILES string of the molecule is CC.CC.COc1ccnc(C)c1. The van der Waals surface area contributed by atoms with Gasteiger partial charge in [0, 0.05) is 18.0 Å². The van der Waals surface area contributed by atoms with Gasteiger partial charge >= 0.3 is 0 Å². The van der Waals surface area contributed by atoms with E-state index in [-0.39, 0.29) is 0 Å². The van der Waals surface area contributed by atoms with Crippen LogP contribution in [0.4, 0.5) is 0 Å². The molecule has 13 heavy (non-hydrogen) atoms. The fourth-order valence-corrected chi connectivity index (χ4v) is 0.647. The number of rotatable bonds is 1. The summed E-state index contributed by atoms with van der Waals surface area (Å²) in [5.74, 6) is 0.863. The molecule has 0 atom stereocenters. The third-order valence-electron chi connectivity index (χ3n) is 1.10. The maximum Gasteiger partial charge on any atom is 0.122 e. The largest absolute Gasteiger partial charge is 0.497 e. The minimum Gasteiger partial charge on any atom is -0.497 e. The van der Waals surface area contributed by atoms with E-state index in [0.29, 0.717) is 0 Å². The van der Waals surface area contributed by atoms with Crippen LogP contribution in [-0.4, -0.2) is 12.1 Å². The number of hydrogen-bond donors (Lipinski definition) is 0. The maximum absolute atomic E-state index is 4.96. The van der Waals surface area contributed by atoms with E-state index in [9.17, 15) is 0 Å². The van der Waals surface area contributed by atoms with Crippen LogP contribution in [0, 0.1) is 6.92 Å². The number of hydrogen-bond acceptors (Lipinski definition) is 2. The van der Waals surface area contributed by atoms with Gasteiger partial charge in [-0.25, -0.2) is 0 Å². The van der Waals surface area contributed by atoms with Crippen molar-refractivity contribution in [1.82, 2.24) is 4.98 Å². The molecule has 0 fully saturated rings. The van der Waals surface area contributed by atoms with Gasteiger partial charge in [0.05, 0.1) is 7.11 Å². The quantitative estimate of drug-likeness (QED) is 0.665. The third kappa shape index (κ3) is 7.32. The molecule has 0 aliphatic rings. The zero-order chi connectivity index (χ0) is 10.7. The van der Waals surface area contributed by atoms with Crippen molar-refractivity contribution in [2.75, 3.05) is 7.11 Å². The molecular formula is C11H21NO. The van der Waals surface area contributed by atoms with Crippen LogP contribution < -0.4 is 4.74 Å². The Hall–Kier alpha value is -1.05. The fraction of sp³-hybridized carbons (Fsp3) is 0.545. The monoisotopic (exact) mass is 183 g/mol. The van der Waals surface area contributed by atoms with Crippen LogP contribution in [0.25, 0.3) is 0 Å². The number of ether oxygens (including phenoxy) is 1. The number of pyridine rings is 1. The summed E-state index contributed by atoms with van der Waals surface area (Å²) in [6, 6.07) is 3.72. The van der Waals surface area contributed by atoms with Crippen molar-refractivity contribution in [2.45, 2.75) is 34.6 Å². The summed E-state index contributed by atoms with van der Waals surface area (Å²) in [7, 11) is 1.65. The molecular weight excluding hydrogens is 162 g/mol. The summed E-state index contributed by atoms with van der Waals surface area (Å²) in [5, 5.41) is 0. The average molecular weight is 183 g/mol. The highest BCUT2D eigenvalue weighted by molar-refractivity contribution is 5.21. The first-order valence-corrected chi connectivity index (χ1v) is 4.79. The Kier molecular flexibility index (Phi) is 12.2. The van der Waals surface area contributed by atoms with Gasteiger partial charge in [-0.05, 0) is 13.0 Å². The third-order valence-corrected chi connectivity index (χ3v) is 1.10. The van der Waals surface area contributed by atoms with Gasteiger partial charge in [-0.15, -0.1) is 0 Å². The van der Waals surface area contributed by atoms with E-state index in [2.05, 4.69) is 4.98 Å². The van der Waals surface area contributed by atoms with Crippen molar-refractivity contribution in [2.24, 2.45) is 0 Å². The molecule has 1 aromatic rings. The zero-order valence-electron chi connectivity index (χ0n) is 9.59. The molecule has 0 unspecified atom stereocenters. The van der Waals surface area contributed by atoms with Crippen LogP contribution in [-0.2, 0) is 0 Å². The summed E-state index contributed by atoms with van der Waals surface area (Å²) < 4.78 is 4.96. The lowest BCUT2D eigenvalue weighted by molar-refractivity contribution is 0.414. The van der Waals surface area contributed by atoms with E-state index < -0.39 is 0 Å². The van der Waals surface area contributed by atoms with Crippen molar-refractivity contribution >= 4 is 0 Å². The number of aromatic nitrogens is 1. The van der Waals surface area contributed by atoms with E-state index in [1.54, 1.807) is 13.3 Å². The molecule has 0 bridgehead atoms. The molecule has 0 aliphatic carbocycles. The molecule has 1 rings (SSSR count). The van der Waals surface area contributed by atoms with Crippen molar-refractivity contribution < 1.29 is 4.74 Å². The molecule has 1 heterocycles. The number of aryl methyl sites for hydroxylation is 1. The Morgan fingerprint density at radius 3 is 2.00 bits per heavy atom. The highest BCUT2D eigenvalue weighted by atomic mass is 16.5. The first kappa shape index (κ1) is 14.5. The standard InChI is InChI=1S/C7H9NO.2C2H6/c1-6-5-7(9-2)3-4-8-6;2*1-2/h3-5H,1-2H3;2*1-2H3. The lowest BCUT2D eigenvalue weighted by Crippen LogP contribution is -1.84. The Balaban J connectivity index is 0. The Labute approximate surface area is 82.0 Å². The van der Waals surface area contributed by atoms with E-state index in [1.807, 2.05) is 46.8 Å². The van der Waals surface area contributed by atoms with Crippen molar-refractivity contribution in [3.05, 3.63) is 24.0 Å². The van der Waals surface area contributed by atoms with Gasteiger partial charge in [0.2, 0.25) is 0 Å². The molecule has 0 N–H and O–H groups in total. The molecule has 2 heteroatoms. The van der Waals surface area contributed by atoms with Crippen molar-refractivity contribution in [3.63, 3.8) is 0 Å². The van der Waals surface area contributed by atoms with Crippen LogP contribution in [0.1, 0.15) is 33.4 Å². The second-order valence-corrected chi connectivity index (χ2v) is 1.84. The molecule has 0 saturated carbocycles. The van der Waals surface area contributed by atoms with Gasteiger partial charge in [0.15, 0.2) is 0 Å². The minimum atomic E-state index is 0.863. The first-order valence-electron chi connectivity index (χ1n) is 4.79. The second-order valence-electron chi connectivity index (χ2n) is 1.84. The molecule has 0 amide bonds. The normalized spacial score (nSPS) is 7.23. The smallest absolute Gasteiger partial charge is 0.122 e. The molecule has 0 saturated heterocycles. The summed E-state index contributed by atoms with van der Waals surface area (Å²) in [4.78, 5) is 4.01. The topological polar surface area (TPSA) is 22.1 Å². The summed E-state index contributed by atoms with van der Waals surface area (Å²) >= 11 is 0.